The third-order valence-corrected chi connectivity index (χ3v) is 1.67. The van der Waals surface area contributed by atoms with Crippen molar-refractivity contribution in [2.75, 3.05) is 12.0 Å². The topological polar surface area (TPSA) is 17.8 Å². The lowest BCUT2D eigenvalue weighted by Gasteiger charge is -1.95. The quantitative estimate of drug-likeness (QED) is 0.632. The van der Waals surface area contributed by atoms with E-state index in [1.165, 1.54) is 0 Å². The molecule has 0 N–H and O–H groups in total. The van der Waals surface area contributed by atoms with Gasteiger partial charge >= 0.3 is 0 Å². The van der Waals surface area contributed by atoms with Gasteiger partial charge in [-0.1, -0.05) is 0 Å². The molecule has 1 heterocycles. The van der Waals surface area contributed by atoms with Crippen LogP contribution in [0.2, 0.25) is 0 Å². The van der Waals surface area contributed by atoms with Crippen LogP contribution < -0.4 is 0 Å². The largest absolute Gasteiger partial charge is 0.272 e. The van der Waals surface area contributed by atoms with Crippen molar-refractivity contribution < 1.29 is 0 Å². The van der Waals surface area contributed by atoms with Crippen LogP contribution in [-0.4, -0.2) is 21.8 Å². The van der Waals surface area contributed by atoms with Gasteiger partial charge in [-0.25, -0.2) is 0 Å². The van der Waals surface area contributed by atoms with Crippen LogP contribution in [0.4, 0.5) is 0 Å². The second-order valence-corrected chi connectivity index (χ2v) is 2.75. The van der Waals surface area contributed by atoms with Crippen LogP contribution in [0.1, 0.15) is 0 Å². The summed E-state index contributed by atoms with van der Waals surface area (Å²) in [5.41, 5.74) is 0. The first-order valence-electron chi connectivity index (χ1n) is 2.90. The van der Waals surface area contributed by atoms with Crippen molar-refractivity contribution in [1.82, 2.24) is 9.78 Å². The molecule has 0 saturated carbocycles. The third kappa shape index (κ3) is 2.10. The molecule has 2 nitrogen and oxygen atoms in total. The second-order valence-electron chi connectivity index (χ2n) is 1.76. The Hall–Kier alpha value is -0.440. The van der Waals surface area contributed by atoms with E-state index in [0.29, 0.717) is 0 Å². The summed E-state index contributed by atoms with van der Waals surface area (Å²) in [5.74, 6) is 1.14. The minimum atomic E-state index is 1.02. The lowest BCUT2D eigenvalue weighted by Crippen LogP contribution is -1.99. The highest BCUT2D eigenvalue weighted by atomic mass is 32.2. The van der Waals surface area contributed by atoms with E-state index in [1.54, 1.807) is 6.20 Å². The lowest BCUT2D eigenvalue weighted by molar-refractivity contribution is 0.667. The van der Waals surface area contributed by atoms with Crippen molar-refractivity contribution in [3.8, 4) is 0 Å². The van der Waals surface area contributed by atoms with Gasteiger partial charge in [-0.3, -0.25) is 4.68 Å². The zero-order valence-corrected chi connectivity index (χ0v) is 6.27. The molecule has 0 saturated heterocycles. The van der Waals surface area contributed by atoms with Crippen LogP contribution in [0.3, 0.4) is 0 Å². The summed E-state index contributed by atoms with van der Waals surface area (Å²) < 4.78 is 1.94. The molecule has 0 aliphatic carbocycles. The molecule has 0 spiro atoms. The van der Waals surface area contributed by atoms with Gasteiger partial charge in [0.2, 0.25) is 0 Å². The van der Waals surface area contributed by atoms with Gasteiger partial charge < -0.3 is 0 Å². The predicted molar refractivity (Wildman–Crippen MR) is 40.6 cm³/mol. The maximum Gasteiger partial charge on any atom is 0.0499 e. The number of hydrogen-bond acceptors (Lipinski definition) is 2. The summed E-state index contributed by atoms with van der Waals surface area (Å²) in [6.45, 7) is 1.02. The van der Waals surface area contributed by atoms with Gasteiger partial charge in [-0.2, -0.15) is 16.9 Å². The average Bonchev–Trinajstić information content (AvgIpc) is 2.34. The molecule has 9 heavy (non-hydrogen) atoms. The van der Waals surface area contributed by atoms with Crippen molar-refractivity contribution in [2.45, 2.75) is 6.54 Å². The maximum absolute atomic E-state index is 4.06. The van der Waals surface area contributed by atoms with E-state index < -0.39 is 0 Å². The van der Waals surface area contributed by atoms with Gasteiger partial charge in [0, 0.05) is 24.7 Å². The van der Waals surface area contributed by atoms with Crippen molar-refractivity contribution >= 4 is 11.8 Å². The van der Waals surface area contributed by atoms with Gasteiger partial charge in [-0.15, -0.1) is 0 Å². The fourth-order valence-electron chi connectivity index (χ4n) is 0.618. The molecule has 1 aromatic rings. The molecule has 0 unspecified atom stereocenters. The first kappa shape index (κ1) is 6.68. The fraction of sp³-hybridized carbons (Fsp3) is 0.500. The van der Waals surface area contributed by atoms with Gasteiger partial charge in [0.1, 0.15) is 0 Å². The smallest absolute Gasteiger partial charge is 0.0499 e. The Kier molecular flexibility index (Phi) is 2.64. The van der Waals surface area contributed by atoms with Crippen LogP contribution in [0.5, 0.6) is 0 Å². The Morgan fingerprint density at radius 3 is 3.11 bits per heavy atom. The van der Waals surface area contributed by atoms with Crippen molar-refractivity contribution in [1.29, 1.82) is 0 Å². The van der Waals surface area contributed by atoms with Crippen LogP contribution in [0, 0.1) is 0 Å². The van der Waals surface area contributed by atoms with Crippen LogP contribution >= 0.6 is 11.8 Å². The highest BCUT2D eigenvalue weighted by Crippen LogP contribution is 1.93. The third-order valence-electron chi connectivity index (χ3n) is 1.08. The molecular weight excluding hydrogens is 132 g/mol. The van der Waals surface area contributed by atoms with E-state index in [4.69, 9.17) is 0 Å². The monoisotopic (exact) mass is 142 g/mol. The van der Waals surface area contributed by atoms with Crippen LogP contribution in [-0.2, 0) is 6.54 Å². The standard InChI is InChI=1S/C6H10N2S/c1-9-6-5-8-4-2-3-7-8/h2-4H,5-6H2,1H3. The molecule has 0 aliphatic rings. The Balaban J connectivity index is 2.30. The van der Waals surface area contributed by atoms with Gasteiger partial charge in [-0.05, 0) is 12.3 Å². The fourth-order valence-corrected chi connectivity index (χ4v) is 0.987. The van der Waals surface area contributed by atoms with Crippen molar-refractivity contribution in [2.24, 2.45) is 0 Å². The van der Waals surface area contributed by atoms with Gasteiger partial charge in [0.05, 0.1) is 0 Å². The van der Waals surface area contributed by atoms with Crippen LogP contribution in [0.25, 0.3) is 0 Å². The molecule has 0 bridgehead atoms. The highest BCUT2D eigenvalue weighted by Gasteiger charge is 1.85. The molecule has 1 rings (SSSR count). The highest BCUT2D eigenvalue weighted by molar-refractivity contribution is 7.98. The van der Waals surface area contributed by atoms with E-state index in [2.05, 4.69) is 11.4 Å². The minimum absolute atomic E-state index is 1.02. The summed E-state index contributed by atoms with van der Waals surface area (Å²) >= 11 is 1.84. The maximum atomic E-state index is 4.06. The number of aromatic nitrogens is 2. The summed E-state index contributed by atoms with van der Waals surface area (Å²) in [4.78, 5) is 0. The van der Waals surface area contributed by atoms with Crippen LogP contribution in [0.15, 0.2) is 18.5 Å². The summed E-state index contributed by atoms with van der Waals surface area (Å²) in [7, 11) is 0. The molecular formula is C6H10N2S. The van der Waals surface area contributed by atoms with Gasteiger partial charge in [0.15, 0.2) is 0 Å². The van der Waals surface area contributed by atoms with E-state index in [1.807, 2.05) is 28.7 Å². The Morgan fingerprint density at radius 2 is 2.56 bits per heavy atom. The number of nitrogens with zero attached hydrogens (tertiary/aromatic N) is 2. The molecule has 0 atom stereocenters. The van der Waals surface area contributed by atoms with E-state index >= 15 is 0 Å². The zero-order valence-electron chi connectivity index (χ0n) is 5.45. The number of thioether (sulfide) groups is 1. The molecule has 0 fully saturated rings. The van der Waals surface area contributed by atoms with E-state index in [0.717, 1.165) is 12.3 Å². The first-order chi connectivity index (χ1) is 4.43. The molecule has 50 valence electrons. The Bertz CT molecular complexity index is 148. The minimum Gasteiger partial charge on any atom is -0.272 e. The molecule has 1 aromatic heterocycles. The number of aryl methyl sites for hydroxylation is 1. The van der Waals surface area contributed by atoms with Crippen molar-refractivity contribution in [3.63, 3.8) is 0 Å². The van der Waals surface area contributed by atoms with E-state index in [-0.39, 0.29) is 0 Å². The second kappa shape index (κ2) is 3.56. The Labute approximate surface area is 59.3 Å². The summed E-state index contributed by atoms with van der Waals surface area (Å²) in [5, 5.41) is 4.06. The number of rotatable bonds is 3. The zero-order chi connectivity index (χ0) is 6.53. The normalized spacial score (nSPS) is 9.89. The van der Waals surface area contributed by atoms with E-state index in [9.17, 15) is 0 Å². The van der Waals surface area contributed by atoms with Crippen molar-refractivity contribution in [3.05, 3.63) is 18.5 Å². The predicted octanol–water partition coefficient (Wildman–Crippen LogP) is 1.25. The first-order valence-corrected chi connectivity index (χ1v) is 4.29. The molecule has 3 heteroatoms. The van der Waals surface area contributed by atoms with Gasteiger partial charge in [0.25, 0.3) is 0 Å². The molecule has 0 aliphatic heterocycles. The number of hydrogen-bond donors (Lipinski definition) is 0. The molecule has 0 radical (unpaired) electrons. The summed E-state index contributed by atoms with van der Waals surface area (Å²) in [6.07, 6.45) is 5.89. The SMILES string of the molecule is CSCCn1cccn1. The molecule has 0 aromatic carbocycles. The lowest BCUT2D eigenvalue weighted by atomic mass is 10.7. The average molecular weight is 142 g/mol. The molecule has 0 amide bonds. The summed E-state index contributed by atoms with van der Waals surface area (Å²) in [6, 6.07) is 1.94. The Morgan fingerprint density at radius 1 is 1.67 bits per heavy atom.